The molecule has 0 radical (unpaired) electrons. The second-order valence-corrected chi connectivity index (χ2v) is 4.00. The summed E-state index contributed by atoms with van der Waals surface area (Å²) in [4.78, 5) is 32.2. The van der Waals surface area contributed by atoms with E-state index in [9.17, 15) is 9.59 Å². The van der Waals surface area contributed by atoms with E-state index in [1.54, 1.807) is 0 Å². The molecular weight excluding hydrogens is 238 g/mol. The molecule has 0 aromatic carbocycles. The van der Waals surface area contributed by atoms with Crippen molar-refractivity contribution in [1.29, 1.82) is 0 Å². The zero-order valence-corrected chi connectivity index (χ0v) is 9.81. The number of amides is 1. The maximum absolute atomic E-state index is 12.1. The van der Waals surface area contributed by atoms with Crippen molar-refractivity contribution in [3.63, 3.8) is 0 Å². The van der Waals surface area contributed by atoms with Crippen molar-refractivity contribution in [3.8, 4) is 0 Å². The van der Waals surface area contributed by atoms with Crippen LogP contribution in [0.5, 0.6) is 0 Å². The molecule has 18 heavy (non-hydrogen) atoms. The van der Waals surface area contributed by atoms with Gasteiger partial charge in [-0.15, -0.1) is 0 Å². The van der Waals surface area contributed by atoms with E-state index in [-0.39, 0.29) is 24.8 Å². The van der Waals surface area contributed by atoms with Gasteiger partial charge in [-0.3, -0.25) is 9.78 Å². The van der Waals surface area contributed by atoms with Crippen LogP contribution >= 0.6 is 0 Å². The molecule has 2 heterocycles. The zero-order valence-electron chi connectivity index (χ0n) is 9.81. The van der Waals surface area contributed by atoms with Gasteiger partial charge in [0, 0.05) is 32.5 Å². The maximum Gasteiger partial charge on any atom is 0.326 e. The fraction of sp³-hybridized carbons (Fsp3) is 0.455. The Morgan fingerprint density at radius 3 is 2.83 bits per heavy atom. The normalized spacial score (nSPS) is 23.1. The summed E-state index contributed by atoms with van der Waals surface area (Å²) in [6.45, 7) is 0.253. The zero-order chi connectivity index (χ0) is 13.1. The third-order valence-electron chi connectivity index (χ3n) is 2.92. The molecule has 0 saturated carbocycles. The Morgan fingerprint density at radius 2 is 2.28 bits per heavy atom. The molecule has 1 amide bonds. The molecule has 1 aliphatic heterocycles. The van der Waals surface area contributed by atoms with Gasteiger partial charge in [0.15, 0.2) is 0 Å². The standard InChI is InChI=1S/C11H13N3O4/c1-18-7-4-9(11(16)17)14(6-7)10(15)8-5-12-2-3-13-8/h2-3,5,7,9H,4,6H2,1H3,(H,16,17). The minimum Gasteiger partial charge on any atom is -0.480 e. The van der Waals surface area contributed by atoms with Gasteiger partial charge < -0.3 is 14.7 Å². The van der Waals surface area contributed by atoms with Crippen molar-refractivity contribution in [2.75, 3.05) is 13.7 Å². The molecule has 0 spiro atoms. The van der Waals surface area contributed by atoms with Gasteiger partial charge in [0.2, 0.25) is 0 Å². The summed E-state index contributed by atoms with van der Waals surface area (Å²) in [5.41, 5.74) is 0.139. The number of nitrogens with zero attached hydrogens (tertiary/aromatic N) is 3. The summed E-state index contributed by atoms with van der Waals surface area (Å²) >= 11 is 0. The molecule has 1 N–H and O–H groups in total. The summed E-state index contributed by atoms with van der Waals surface area (Å²) in [5, 5.41) is 9.11. The topological polar surface area (TPSA) is 92.6 Å². The first-order valence-corrected chi connectivity index (χ1v) is 5.46. The summed E-state index contributed by atoms with van der Waals surface area (Å²) in [6.07, 6.45) is 4.20. The minimum absolute atomic E-state index is 0.139. The van der Waals surface area contributed by atoms with Crippen LogP contribution in [0.25, 0.3) is 0 Å². The van der Waals surface area contributed by atoms with E-state index in [1.807, 2.05) is 0 Å². The van der Waals surface area contributed by atoms with Gasteiger partial charge in [-0.25, -0.2) is 9.78 Å². The van der Waals surface area contributed by atoms with Crippen molar-refractivity contribution in [2.24, 2.45) is 0 Å². The molecular formula is C11H13N3O4. The van der Waals surface area contributed by atoms with Crippen LogP contribution in [-0.4, -0.2) is 57.7 Å². The van der Waals surface area contributed by atoms with Crippen LogP contribution in [0.2, 0.25) is 0 Å². The molecule has 7 heteroatoms. The van der Waals surface area contributed by atoms with Gasteiger partial charge in [-0.1, -0.05) is 0 Å². The molecule has 0 bridgehead atoms. The highest BCUT2D eigenvalue weighted by atomic mass is 16.5. The van der Waals surface area contributed by atoms with E-state index < -0.39 is 17.9 Å². The maximum atomic E-state index is 12.1. The lowest BCUT2D eigenvalue weighted by Crippen LogP contribution is -2.41. The first kappa shape index (κ1) is 12.4. The molecule has 0 aliphatic carbocycles. The lowest BCUT2D eigenvalue weighted by atomic mass is 10.2. The first-order valence-electron chi connectivity index (χ1n) is 5.46. The molecule has 1 aromatic heterocycles. The van der Waals surface area contributed by atoms with Crippen molar-refractivity contribution in [3.05, 3.63) is 24.3 Å². The Hall–Kier alpha value is -2.02. The molecule has 7 nitrogen and oxygen atoms in total. The van der Waals surface area contributed by atoms with Crippen LogP contribution in [0.4, 0.5) is 0 Å². The fourth-order valence-electron chi connectivity index (χ4n) is 1.98. The molecule has 1 aromatic rings. The van der Waals surface area contributed by atoms with Crippen LogP contribution in [0, 0.1) is 0 Å². The SMILES string of the molecule is COC1CC(C(=O)O)N(C(=O)c2cnccn2)C1. The van der Waals surface area contributed by atoms with Gasteiger partial charge in [-0.05, 0) is 0 Å². The number of rotatable bonds is 3. The highest BCUT2D eigenvalue weighted by Gasteiger charge is 2.40. The van der Waals surface area contributed by atoms with E-state index in [2.05, 4.69) is 9.97 Å². The van der Waals surface area contributed by atoms with Crippen LogP contribution in [0.1, 0.15) is 16.9 Å². The number of carboxylic acid groups (broad SMARTS) is 1. The van der Waals surface area contributed by atoms with Crippen molar-refractivity contribution < 1.29 is 19.4 Å². The van der Waals surface area contributed by atoms with E-state index in [1.165, 1.54) is 30.6 Å². The van der Waals surface area contributed by atoms with E-state index in [0.717, 1.165) is 0 Å². The third-order valence-corrected chi connectivity index (χ3v) is 2.92. The average molecular weight is 251 g/mol. The second kappa shape index (κ2) is 5.09. The Morgan fingerprint density at radius 1 is 1.50 bits per heavy atom. The van der Waals surface area contributed by atoms with Crippen LogP contribution in [0.15, 0.2) is 18.6 Å². The fourth-order valence-corrected chi connectivity index (χ4v) is 1.98. The number of hydrogen-bond acceptors (Lipinski definition) is 5. The molecule has 2 rings (SSSR count). The number of aromatic nitrogens is 2. The first-order chi connectivity index (χ1) is 8.63. The van der Waals surface area contributed by atoms with Crippen molar-refractivity contribution in [2.45, 2.75) is 18.6 Å². The number of carbonyl (C=O) groups excluding carboxylic acids is 1. The predicted octanol–water partition coefficient (Wildman–Crippen LogP) is -0.209. The minimum atomic E-state index is -1.04. The molecule has 1 aliphatic rings. The van der Waals surface area contributed by atoms with Gasteiger partial charge in [0.05, 0.1) is 12.3 Å². The molecule has 2 atom stereocenters. The van der Waals surface area contributed by atoms with Gasteiger partial charge in [0.25, 0.3) is 5.91 Å². The van der Waals surface area contributed by atoms with Crippen LogP contribution < -0.4 is 0 Å². The number of hydrogen-bond donors (Lipinski definition) is 1. The lowest BCUT2D eigenvalue weighted by Gasteiger charge is -2.20. The van der Waals surface area contributed by atoms with Crippen LogP contribution in [-0.2, 0) is 9.53 Å². The highest BCUT2D eigenvalue weighted by molar-refractivity contribution is 5.95. The Labute approximate surface area is 103 Å². The number of carbonyl (C=O) groups is 2. The Kier molecular flexibility index (Phi) is 3.52. The Balaban J connectivity index is 2.21. The number of likely N-dealkylation sites (tertiary alicyclic amines) is 1. The Bertz CT molecular complexity index is 451. The smallest absolute Gasteiger partial charge is 0.326 e. The summed E-state index contributed by atoms with van der Waals surface area (Å²) in [7, 11) is 1.50. The van der Waals surface area contributed by atoms with E-state index >= 15 is 0 Å². The summed E-state index contributed by atoms with van der Waals surface area (Å²) < 4.78 is 5.11. The van der Waals surface area contributed by atoms with Crippen molar-refractivity contribution in [1.82, 2.24) is 14.9 Å². The van der Waals surface area contributed by atoms with E-state index in [0.29, 0.717) is 0 Å². The van der Waals surface area contributed by atoms with Gasteiger partial charge in [0.1, 0.15) is 11.7 Å². The molecule has 1 saturated heterocycles. The number of methoxy groups -OCH3 is 1. The third kappa shape index (κ3) is 2.30. The summed E-state index contributed by atoms with van der Waals surface area (Å²) in [6, 6.07) is -0.871. The number of ether oxygens (including phenoxy) is 1. The van der Waals surface area contributed by atoms with Gasteiger partial charge in [-0.2, -0.15) is 0 Å². The predicted molar refractivity (Wildman–Crippen MR) is 59.9 cm³/mol. The van der Waals surface area contributed by atoms with Crippen LogP contribution in [0.3, 0.4) is 0 Å². The van der Waals surface area contributed by atoms with E-state index in [4.69, 9.17) is 9.84 Å². The molecule has 96 valence electrons. The van der Waals surface area contributed by atoms with Crippen molar-refractivity contribution >= 4 is 11.9 Å². The summed E-state index contributed by atoms with van der Waals surface area (Å²) in [5.74, 6) is -1.47. The second-order valence-electron chi connectivity index (χ2n) is 4.00. The largest absolute Gasteiger partial charge is 0.480 e. The molecule has 1 fully saturated rings. The molecule has 2 unspecified atom stereocenters. The average Bonchev–Trinajstić information content (AvgIpc) is 2.83. The quantitative estimate of drug-likeness (QED) is 0.799. The monoisotopic (exact) mass is 251 g/mol. The number of aliphatic carboxylic acids is 1. The van der Waals surface area contributed by atoms with Gasteiger partial charge >= 0.3 is 5.97 Å². The lowest BCUT2D eigenvalue weighted by molar-refractivity contribution is -0.141. The highest BCUT2D eigenvalue weighted by Crippen LogP contribution is 2.21. The number of carboxylic acids is 1.